The molecule has 1 unspecified atom stereocenters. The summed E-state index contributed by atoms with van der Waals surface area (Å²) in [6.45, 7) is 3.41. The normalized spacial score (nSPS) is 12.7. The van der Waals surface area contributed by atoms with Crippen molar-refractivity contribution in [3.8, 4) is 0 Å². The molecule has 0 saturated carbocycles. The minimum Gasteiger partial charge on any atom is -0.481 e. The third-order valence-electron chi connectivity index (χ3n) is 3.75. The largest absolute Gasteiger partial charge is 0.481 e. The fourth-order valence-corrected chi connectivity index (χ4v) is 2.72. The molecule has 0 spiro atoms. The number of benzene rings is 1. The van der Waals surface area contributed by atoms with E-state index in [0.29, 0.717) is 27.1 Å². The Labute approximate surface area is 130 Å². The molecule has 2 aromatic heterocycles. The van der Waals surface area contributed by atoms with Crippen LogP contribution >= 0.6 is 11.6 Å². The lowest BCUT2D eigenvalue weighted by atomic mass is 10.00. The molecule has 1 N–H and O–H groups in total. The molecule has 3 aromatic rings. The second kappa shape index (κ2) is 5.10. The van der Waals surface area contributed by atoms with Gasteiger partial charge < -0.3 is 5.11 Å². The summed E-state index contributed by atoms with van der Waals surface area (Å²) in [6, 6.07) is 6.71. The number of aryl methyl sites for hydroxylation is 1. The molecular formula is C16H13ClN2O3. The zero-order valence-electron chi connectivity index (χ0n) is 12.0. The molecule has 2 heterocycles. The van der Waals surface area contributed by atoms with E-state index >= 15 is 0 Å². The van der Waals surface area contributed by atoms with Crippen LogP contribution in [-0.4, -0.2) is 20.5 Å². The van der Waals surface area contributed by atoms with Crippen molar-refractivity contribution >= 4 is 34.1 Å². The molecule has 1 atom stereocenters. The quantitative estimate of drug-likeness (QED) is 0.738. The summed E-state index contributed by atoms with van der Waals surface area (Å²) in [5.41, 5.74) is 2.19. The minimum atomic E-state index is -0.938. The maximum absolute atomic E-state index is 12.7. The number of carboxylic acid groups (broad SMARTS) is 1. The molecule has 0 radical (unpaired) electrons. The van der Waals surface area contributed by atoms with Crippen LogP contribution in [0, 0.1) is 6.92 Å². The van der Waals surface area contributed by atoms with Crippen LogP contribution in [0.1, 0.15) is 24.0 Å². The first kappa shape index (κ1) is 14.5. The van der Waals surface area contributed by atoms with Crippen LogP contribution in [0.25, 0.3) is 16.6 Å². The Morgan fingerprint density at radius 2 is 2.09 bits per heavy atom. The lowest BCUT2D eigenvalue weighted by molar-refractivity contribution is -0.138. The molecule has 6 heteroatoms. The predicted octanol–water partition coefficient (Wildman–Crippen LogP) is 3.00. The maximum atomic E-state index is 12.7. The number of hydrogen-bond donors (Lipinski definition) is 1. The van der Waals surface area contributed by atoms with Crippen LogP contribution in [0.5, 0.6) is 0 Å². The summed E-state index contributed by atoms with van der Waals surface area (Å²) in [7, 11) is 0. The van der Waals surface area contributed by atoms with E-state index in [1.807, 2.05) is 6.92 Å². The lowest BCUT2D eigenvalue weighted by Gasteiger charge is -2.10. The zero-order chi connectivity index (χ0) is 16.0. The summed E-state index contributed by atoms with van der Waals surface area (Å²) < 4.78 is 1.40. The molecule has 0 bridgehead atoms. The molecule has 5 nitrogen and oxygen atoms in total. The Balaban J connectivity index is 2.38. The molecule has 112 valence electrons. The lowest BCUT2D eigenvalue weighted by Crippen LogP contribution is -2.17. The first-order valence-electron chi connectivity index (χ1n) is 6.73. The summed E-state index contributed by atoms with van der Waals surface area (Å²) in [5.74, 6) is -1.63. The number of halogens is 1. The molecule has 22 heavy (non-hydrogen) atoms. The van der Waals surface area contributed by atoms with Crippen LogP contribution in [0.4, 0.5) is 0 Å². The fraction of sp³-hybridized carbons (Fsp3) is 0.188. The van der Waals surface area contributed by atoms with E-state index in [0.717, 1.165) is 5.56 Å². The molecule has 0 amide bonds. The van der Waals surface area contributed by atoms with Gasteiger partial charge in [0.1, 0.15) is 5.65 Å². The highest BCUT2D eigenvalue weighted by molar-refractivity contribution is 6.30. The van der Waals surface area contributed by atoms with Crippen molar-refractivity contribution in [3.63, 3.8) is 0 Å². The van der Waals surface area contributed by atoms with E-state index in [9.17, 15) is 9.59 Å². The third kappa shape index (κ3) is 2.23. The summed E-state index contributed by atoms with van der Waals surface area (Å²) in [4.78, 5) is 28.2. The van der Waals surface area contributed by atoms with Gasteiger partial charge in [0.2, 0.25) is 0 Å². The minimum absolute atomic E-state index is 0.259. The number of aliphatic carboxylic acids is 1. The smallest absolute Gasteiger partial charge is 0.310 e. The van der Waals surface area contributed by atoms with Gasteiger partial charge in [-0.25, -0.2) is 4.98 Å². The van der Waals surface area contributed by atoms with Crippen LogP contribution in [-0.2, 0) is 4.79 Å². The van der Waals surface area contributed by atoms with Crippen molar-refractivity contribution in [2.45, 2.75) is 19.8 Å². The van der Waals surface area contributed by atoms with Gasteiger partial charge >= 0.3 is 5.97 Å². The number of hydrogen-bond acceptors (Lipinski definition) is 3. The Morgan fingerprint density at radius 1 is 1.36 bits per heavy atom. The summed E-state index contributed by atoms with van der Waals surface area (Å²) >= 11 is 6.01. The van der Waals surface area contributed by atoms with Gasteiger partial charge in [-0.1, -0.05) is 17.7 Å². The van der Waals surface area contributed by atoms with E-state index in [2.05, 4.69) is 4.98 Å². The average molecular weight is 317 g/mol. The van der Waals surface area contributed by atoms with Crippen molar-refractivity contribution in [1.82, 2.24) is 9.38 Å². The monoisotopic (exact) mass is 316 g/mol. The Kier molecular flexibility index (Phi) is 3.37. The van der Waals surface area contributed by atoms with E-state index in [1.54, 1.807) is 31.2 Å². The number of pyridine rings is 1. The highest BCUT2D eigenvalue weighted by atomic mass is 35.5. The number of carboxylic acids is 1. The summed E-state index contributed by atoms with van der Waals surface area (Å²) in [6.07, 6.45) is 1.52. The van der Waals surface area contributed by atoms with Crippen molar-refractivity contribution < 1.29 is 9.90 Å². The first-order chi connectivity index (χ1) is 10.4. The zero-order valence-corrected chi connectivity index (χ0v) is 12.8. The van der Waals surface area contributed by atoms with Gasteiger partial charge in [-0.15, -0.1) is 0 Å². The number of nitrogens with zero attached hydrogens (tertiary/aromatic N) is 2. The second-order valence-corrected chi connectivity index (χ2v) is 5.72. The second-order valence-electron chi connectivity index (χ2n) is 5.29. The molecule has 0 saturated heterocycles. The van der Waals surface area contributed by atoms with E-state index < -0.39 is 11.9 Å². The summed E-state index contributed by atoms with van der Waals surface area (Å²) in [5, 5.41) is 9.93. The van der Waals surface area contributed by atoms with Gasteiger partial charge in [0.05, 0.1) is 21.8 Å². The Hall–Kier alpha value is -2.40. The fourth-order valence-electron chi connectivity index (χ4n) is 2.46. The Bertz CT molecular complexity index is 978. The molecule has 1 aromatic carbocycles. The Morgan fingerprint density at radius 3 is 2.77 bits per heavy atom. The van der Waals surface area contributed by atoms with Gasteiger partial charge in [-0.3, -0.25) is 14.0 Å². The van der Waals surface area contributed by atoms with Crippen molar-refractivity contribution in [2.24, 2.45) is 0 Å². The molecule has 0 aliphatic heterocycles. The maximum Gasteiger partial charge on any atom is 0.310 e. The number of carbonyl (C=O) groups is 1. The van der Waals surface area contributed by atoms with Crippen LogP contribution in [0.2, 0.25) is 5.02 Å². The van der Waals surface area contributed by atoms with Gasteiger partial charge in [0.25, 0.3) is 5.56 Å². The number of rotatable bonds is 2. The number of fused-ring (bicyclic) bond motifs is 2. The van der Waals surface area contributed by atoms with Crippen LogP contribution in [0.15, 0.2) is 35.3 Å². The van der Waals surface area contributed by atoms with Gasteiger partial charge in [0.15, 0.2) is 0 Å². The van der Waals surface area contributed by atoms with E-state index in [-0.39, 0.29) is 5.56 Å². The van der Waals surface area contributed by atoms with Gasteiger partial charge in [-0.05, 0) is 43.2 Å². The average Bonchev–Trinajstić information content (AvgIpc) is 2.47. The molecule has 0 aliphatic rings. The topological polar surface area (TPSA) is 71.7 Å². The van der Waals surface area contributed by atoms with Gasteiger partial charge in [0, 0.05) is 6.20 Å². The van der Waals surface area contributed by atoms with Gasteiger partial charge in [-0.2, -0.15) is 0 Å². The molecule has 0 fully saturated rings. The van der Waals surface area contributed by atoms with E-state index in [4.69, 9.17) is 16.7 Å². The molecule has 0 aliphatic carbocycles. The highest BCUT2D eigenvalue weighted by Crippen LogP contribution is 2.21. The first-order valence-corrected chi connectivity index (χ1v) is 7.11. The highest BCUT2D eigenvalue weighted by Gasteiger charge is 2.16. The standard InChI is InChI=1S/C16H13ClN2O3/c1-8-5-11(17)7-19-14(8)18-13-4-3-10(9(2)16(21)22)6-12(13)15(19)20/h3-7,9H,1-2H3,(H,21,22). The number of aromatic nitrogens is 2. The molecular weight excluding hydrogens is 304 g/mol. The van der Waals surface area contributed by atoms with Crippen molar-refractivity contribution in [2.75, 3.05) is 0 Å². The SMILES string of the molecule is Cc1cc(Cl)cn2c(=O)c3cc(C(C)C(=O)O)ccc3nc12. The third-order valence-corrected chi connectivity index (χ3v) is 3.96. The van der Waals surface area contributed by atoms with E-state index in [1.165, 1.54) is 10.6 Å². The van der Waals surface area contributed by atoms with Crippen LogP contribution in [0.3, 0.4) is 0 Å². The van der Waals surface area contributed by atoms with Crippen molar-refractivity contribution in [3.05, 3.63) is 57.0 Å². The predicted molar refractivity (Wildman–Crippen MR) is 84.8 cm³/mol. The molecule has 3 rings (SSSR count). The van der Waals surface area contributed by atoms with Crippen molar-refractivity contribution in [1.29, 1.82) is 0 Å². The van der Waals surface area contributed by atoms with Crippen LogP contribution < -0.4 is 5.56 Å².